The molecule has 15 heavy (non-hydrogen) atoms. The molecule has 1 rings (SSSR count). The van der Waals surface area contributed by atoms with Gasteiger partial charge in [0.2, 0.25) is 0 Å². The highest BCUT2D eigenvalue weighted by atomic mass is 16.6. The molecule has 1 saturated heterocycles. The summed E-state index contributed by atoms with van der Waals surface area (Å²) in [5.74, 6) is 0. The number of methoxy groups -OCH3 is 2. The summed E-state index contributed by atoms with van der Waals surface area (Å²) in [7, 11) is 9.00. The van der Waals surface area contributed by atoms with Gasteiger partial charge in [0, 0.05) is 20.2 Å². The lowest BCUT2D eigenvalue weighted by Gasteiger charge is -2.21. The smallest absolute Gasteiger partial charge is 0.113 e. The van der Waals surface area contributed by atoms with Gasteiger partial charge in [-0.25, -0.2) is 0 Å². The van der Waals surface area contributed by atoms with Crippen molar-refractivity contribution in [1.82, 2.24) is 0 Å². The van der Waals surface area contributed by atoms with Crippen LogP contribution >= 0.6 is 0 Å². The van der Waals surface area contributed by atoms with Gasteiger partial charge >= 0.3 is 0 Å². The van der Waals surface area contributed by atoms with E-state index in [2.05, 4.69) is 0 Å². The molecule has 0 saturated carbocycles. The van der Waals surface area contributed by atoms with E-state index >= 15 is 0 Å². The van der Waals surface area contributed by atoms with Gasteiger partial charge in [0.25, 0.3) is 0 Å². The summed E-state index contributed by atoms with van der Waals surface area (Å²) in [5, 5.41) is 0. The largest absolute Gasteiger partial charge is 0.377 e. The van der Waals surface area contributed by atoms with Crippen LogP contribution in [0.2, 0.25) is 0 Å². The van der Waals surface area contributed by atoms with Crippen molar-refractivity contribution in [1.29, 1.82) is 0 Å². The second-order valence-electron chi connectivity index (χ2n) is 3.92. The van der Waals surface area contributed by atoms with E-state index in [1.165, 1.54) is 0 Å². The average molecular weight is 214 g/mol. The number of rotatable bonds is 5. The minimum Gasteiger partial charge on any atom is -0.377 e. The first-order valence-corrected chi connectivity index (χ1v) is 5.18. The maximum absolute atomic E-state index is 5.77. The van der Waals surface area contributed by atoms with Crippen LogP contribution in [0.25, 0.3) is 0 Å². The molecule has 0 aromatic heterocycles. The molecule has 0 amide bonds. The number of hydrogen-bond acceptors (Lipinski definition) is 4. The number of ether oxygens (including phenoxy) is 4. The zero-order valence-corrected chi connectivity index (χ0v) is 9.80. The molecule has 0 aliphatic carbocycles. The second kappa shape index (κ2) is 5.84. The van der Waals surface area contributed by atoms with E-state index in [1.807, 2.05) is 13.8 Å². The van der Waals surface area contributed by atoms with Gasteiger partial charge in [0.1, 0.15) is 26.2 Å². The Hall–Kier alpha value is -0.0951. The molecule has 0 aromatic rings. The van der Waals surface area contributed by atoms with Crippen molar-refractivity contribution >= 4 is 7.85 Å². The lowest BCUT2D eigenvalue weighted by atomic mass is 9.93. The molecule has 1 aliphatic heterocycles. The first kappa shape index (κ1) is 13.0. The maximum atomic E-state index is 5.77. The SMILES string of the molecule is [B]C1OC(COC(C)C)C(OC)C1OC. The summed E-state index contributed by atoms with van der Waals surface area (Å²) < 4.78 is 21.6. The molecular formula is C10H19BO4. The summed E-state index contributed by atoms with van der Waals surface area (Å²) in [6.45, 7) is 4.43. The Morgan fingerprint density at radius 1 is 1.20 bits per heavy atom. The summed E-state index contributed by atoms with van der Waals surface area (Å²) in [5.41, 5.74) is 0. The van der Waals surface area contributed by atoms with E-state index in [9.17, 15) is 0 Å². The molecule has 0 spiro atoms. The van der Waals surface area contributed by atoms with Gasteiger partial charge in [-0.15, -0.1) is 0 Å². The van der Waals surface area contributed by atoms with Gasteiger partial charge in [-0.2, -0.15) is 0 Å². The van der Waals surface area contributed by atoms with E-state index in [0.717, 1.165) is 0 Å². The molecule has 1 fully saturated rings. The van der Waals surface area contributed by atoms with Crippen molar-refractivity contribution in [3.63, 3.8) is 0 Å². The summed E-state index contributed by atoms with van der Waals surface area (Å²) in [4.78, 5) is 0. The van der Waals surface area contributed by atoms with Gasteiger partial charge in [0.05, 0.1) is 12.7 Å². The molecule has 1 aliphatic rings. The Bertz CT molecular complexity index is 188. The first-order chi connectivity index (χ1) is 7.10. The first-order valence-electron chi connectivity index (χ1n) is 5.18. The van der Waals surface area contributed by atoms with Crippen LogP contribution in [0.15, 0.2) is 0 Å². The Labute approximate surface area is 92.6 Å². The standard InChI is InChI=1S/C10H19BO4/c1-6(2)14-5-7-8(12-3)9(13-4)10(11)15-7/h6-10H,5H2,1-4H3. The summed E-state index contributed by atoms with van der Waals surface area (Å²) in [6, 6.07) is -0.444. The van der Waals surface area contributed by atoms with Crippen LogP contribution in [0, 0.1) is 0 Å². The number of hydrogen-bond donors (Lipinski definition) is 0. The highest BCUT2D eigenvalue weighted by molar-refractivity contribution is 6.11. The summed E-state index contributed by atoms with van der Waals surface area (Å²) >= 11 is 0. The molecule has 5 heteroatoms. The van der Waals surface area contributed by atoms with Crippen molar-refractivity contribution in [3.05, 3.63) is 0 Å². The molecule has 0 bridgehead atoms. The predicted molar refractivity (Wildman–Crippen MR) is 57.1 cm³/mol. The fourth-order valence-electron chi connectivity index (χ4n) is 1.73. The highest BCUT2D eigenvalue weighted by Crippen LogP contribution is 2.24. The fraction of sp³-hybridized carbons (Fsp3) is 1.00. The molecule has 1 heterocycles. The molecule has 0 N–H and O–H groups in total. The zero-order chi connectivity index (χ0) is 11.4. The third kappa shape index (κ3) is 3.18. The van der Waals surface area contributed by atoms with E-state index in [0.29, 0.717) is 6.61 Å². The third-order valence-electron chi connectivity index (χ3n) is 2.48. The van der Waals surface area contributed by atoms with Gasteiger partial charge in [-0.3, -0.25) is 0 Å². The zero-order valence-electron chi connectivity index (χ0n) is 9.80. The second-order valence-corrected chi connectivity index (χ2v) is 3.92. The van der Waals surface area contributed by atoms with Gasteiger partial charge in [-0.1, -0.05) is 0 Å². The Morgan fingerprint density at radius 3 is 2.27 bits per heavy atom. The minimum absolute atomic E-state index is 0.155. The van der Waals surface area contributed by atoms with E-state index < -0.39 is 6.00 Å². The molecule has 2 radical (unpaired) electrons. The van der Waals surface area contributed by atoms with Crippen molar-refractivity contribution in [2.24, 2.45) is 0 Å². The molecule has 4 nitrogen and oxygen atoms in total. The highest BCUT2D eigenvalue weighted by Gasteiger charge is 2.42. The van der Waals surface area contributed by atoms with E-state index in [-0.39, 0.29) is 24.4 Å². The van der Waals surface area contributed by atoms with Crippen molar-refractivity contribution in [2.45, 2.75) is 44.3 Å². The lowest BCUT2D eigenvalue weighted by molar-refractivity contribution is -0.0647. The normalized spacial score (nSPS) is 36.3. The van der Waals surface area contributed by atoms with E-state index in [1.54, 1.807) is 14.2 Å². The lowest BCUT2D eigenvalue weighted by Crippen LogP contribution is -2.38. The van der Waals surface area contributed by atoms with Crippen LogP contribution in [0.5, 0.6) is 0 Å². The minimum atomic E-state index is -0.444. The van der Waals surface area contributed by atoms with Crippen LogP contribution in [0.4, 0.5) is 0 Å². The molecule has 4 unspecified atom stereocenters. The van der Waals surface area contributed by atoms with Crippen molar-refractivity contribution < 1.29 is 18.9 Å². The maximum Gasteiger partial charge on any atom is 0.113 e. The average Bonchev–Trinajstić information content (AvgIpc) is 2.50. The van der Waals surface area contributed by atoms with Crippen LogP contribution in [-0.2, 0) is 18.9 Å². The quantitative estimate of drug-likeness (QED) is 0.618. The monoisotopic (exact) mass is 214 g/mol. The molecule has 4 atom stereocenters. The Morgan fingerprint density at radius 2 is 1.80 bits per heavy atom. The predicted octanol–water partition coefficient (Wildman–Crippen LogP) is 0.335. The Balaban J connectivity index is 2.50. The van der Waals surface area contributed by atoms with E-state index in [4.69, 9.17) is 26.8 Å². The molecule has 0 aromatic carbocycles. The topological polar surface area (TPSA) is 36.9 Å². The fourth-order valence-corrected chi connectivity index (χ4v) is 1.73. The Kier molecular flexibility index (Phi) is 5.05. The van der Waals surface area contributed by atoms with Gasteiger partial charge in [0.15, 0.2) is 0 Å². The van der Waals surface area contributed by atoms with Gasteiger partial charge < -0.3 is 18.9 Å². The van der Waals surface area contributed by atoms with Crippen LogP contribution < -0.4 is 0 Å². The molecule has 86 valence electrons. The van der Waals surface area contributed by atoms with Crippen molar-refractivity contribution in [3.8, 4) is 0 Å². The van der Waals surface area contributed by atoms with Gasteiger partial charge in [-0.05, 0) is 13.8 Å². The van der Waals surface area contributed by atoms with Crippen LogP contribution in [0.1, 0.15) is 13.8 Å². The van der Waals surface area contributed by atoms with Crippen molar-refractivity contribution in [2.75, 3.05) is 20.8 Å². The van der Waals surface area contributed by atoms with Crippen LogP contribution in [-0.4, -0.2) is 59.1 Å². The third-order valence-corrected chi connectivity index (χ3v) is 2.48. The molecular weight excluding hydrogens is 195 g/mol. The summed E-state index contributed by atoms with van der Waals surface area (Å²) in [6.07, 6.45) is -0.374. The van der Waals surface area contributed by atoms with Crippen LogP contribution in [0.3, 0.4) is 0 Å².